The molecule has 82 valence electrons. The van der Waals surface area contributed by atoms with Crippen molar-refractivity contribution in [2.45, 2.75) is 19.3 Å². The Bertz CT molecular complexity index is 346. The molecule has 0 atom stereocenters. The van der Waals surface area contributed by atoms with E-state index in [0.717, 1.165) is 0 Å². The molecule has 0 heterocycles. The van der Waals surface area contributed by atoms with Gasteiger partial charge in [0.1, 0.15) is 11.5 Å². The minimum absolute atomic E-state index is 0.0947. The Hall–Kier alpha value is -1.71. The normalized spacial score (nSPS) is 9.93. The first-order valence-corrected chi connectivity index (χ1v) is 4.71. The van der Waals surface area contributed by atoms with Gasteiger partial charge in [-0.05, 0) is 25.0 Å². The molecule has 2 N–H and O–H groups in total. The lowest BCUT2D eigenvalue weighted by molar-refractivity contribution is -0.137. The molecule has 1 aromatic carbocycles. The molecule has 0 aliphatic heterocycles. The number of phenols is 1. The zero-order valence-corrected chi connectivity index (χ0v) is 8.56. The highest BCUT2D eigenvalue weighted by molar-refractivity contribution is 5.66. The molecule has 0 aliphatic rings. The molecule has 0 unspecified atom stereocenters. The highest BCUT2D eigenvalue weighted by atomic mass is 16.5. The van der Waals surface area contributed by atoms with Gasteiger partial charge in [-0.15, -0.1) is 0 Å². The van der Waals surface area contributed by atoms with Gasteiger partial charge in [0.15, 0.2) is 0 Å². The third-order valence-electron chi connectivity index (χ3n) is 2.15. The SMILES string of the molecule is COc1cccc(O)c1CCCC(=O)O. The molecule has 0 amide bonds. The van der Waals surface area contributed by atoms with E-state index in [1.165, 1.54) is 7.11 Å². The molecule has 0 bridgehead atoms. The van der Waals surface area contributed by atoms with E-state index in [0.29, 0.717) is 24.2 Å². The molecule has 4 heteroatoms. The smallest absolute Gasteiger partial charge is 0.303 e. The standard InChI is InChI=1S/C11H14O4/c1-15-10-6-3-5-9(12)8(10)4-2-7-11(13)14/h3,5-6,12H,2,4,7H2,1H3,(H,13,14). The van der Waals surface area contributed by atoms with Crippen LogP contribution in [0.25, 0.3) is 0 Å². The van der Waals surface area contributed by atoms with E-state index < -0.39 is 5.97 Å². The fourth-order valence-corrected chi connectivity index (χ4v) is 1.41. The number of hydrogen-bond donors (Lipinski definition) is 2. The number of rotatable bonds is 5. The lowest BCUT2D eigenvalue weighted by Crippen LogP contribution is -1.98. The van der Waals surface area contributed by atoms with Crippen LogP contribution in [0.15, 0.2) is 18.2 Å². The minimum atomic E-state index is -0.829. The van der Waals surface area contributed by atoms with Crippen LogP contribution in [0.4, 0.5) is 0 Å². The van der Waals surface area contributed by atoms with Gasteiger partial charge >= 0.3 is 5.97 Å². The second-order valence-electron chi connectivity index (χ2n) is 3.21. The average Bonchev–Trinajstić information content (AvgIpc) is 2.20. The number of carboxylic acids is 1. The van der Waals surface area contributed by atoms with Crippen LogP contribution in [0.2, 0.25) is 0 Å². The summed E-state index contributed by atoms with van der Waals surface area (Å²) in [6.07, 6.45) is 1.09. The van der Waals surface area contributed by atoms with E-state index in [9.17, 15) is 9.90 Å². The van der Waals surface area contributed by atoms with Crippen LogP contribution in [-0.4, -0.2) is 23.3 Å². The maximum atomic E-state index is 10.3. The number of carbonyl (C=O) groups is 1. The van der Waals surface area contributed by atoms with Crippen molar-refractivity contribution in [1.29, 1.82) is 0 Å². The third-order valence-corrected chi connectivity index (χ3v) is 2.15. The van der Waals surface area contributed by atoms with Crippen LogP contribution in [-0.2, 0) is 11.2 Å². The largest absolute Gasteiger partial charge is 0.508 e. The maximum absolute atomic E-state index is 10.3. The monoisotopic (exact) mass is 210 g/mol. The zero-order chi connectivity index (χ0) is 11.3. The summed E-state index contributed by atoms with van der Waals surface area (Å²) in [6, 6.07) is 5.00. The van der Waals surface area contributed by atoms with Crippen molar-refractivity contribution in [2.24, 2.45) is 0 Å². The number of methoxy groups -OCH3 is 1. The molecule has 0 aliphatic carbocycles. The quantitative estimate of drug-likeness (QED) is 0.777. The molecular formula is C11H14O4. The molecule has 0 aromatic heterocycles. The summed E-state index contributed by atoms with van der Waals surface area (Å²) in [5.41, 5.74) is 0.668. The van der Waals surface area contributed by atoms with Gasteiger partial charge in [0.25, 0.3) is 0 Å². The highest BCUT2D eigenvalue weighted by Gasteiger charge is 2.08. The van der Waals surface area contributed by atoms with Crippen molar-refractivity contribution in [1.82, 2.24) is 0 Å². The van der Waals surface area contributed by atoms with Crippen LogP contribution in [0.5, 0.6) is 11.5 Å². The number of benzene rings is 1. The predicted octanol–water partition coefficient (Wildman–Crippen LogP) is 1.81. The molecule has 0 fully saturated rings. The lowest BCUT2D eigenvalue weighted by Gasteiger charge is -2.09. The summed E-state index contributed by atoms with van der Waals surface area (Å²) in [4.78, 5) is 10.3. The summed E-state index contributed by atoms with van der Waals surface area (Å²) in [6.45, 7) is 0. The van der Waals surface area contributed by atoms with Crippen LogP contribution in [0.1, 0.15) is 18.4 Å². The fourth-order valence-electron chi connectivity index (χ4n) is 1.41. The van der Waals surface area contributed by atoms with Gasteiger partial charge in [-0.2, -0.15) is 0 Å². The van der Waals surface area contributed by atoms with E-state index in [1.807, 2.05) is 0 Å². The zero-order valence-electron chi connectivity index (χ0n) is 8.56. The number of hydrogen-bond acceptors (Lipinski definition) is 3. The Morgan fingerprint density at radius 2 is 2.20 bits per heavy atom. The summed E-state index contributed by atoms with van der Waals surface area (Å²) < 4.78 is 5.08. The van der Waals surface area contributed by atoms with E-state index in [1.54, 1.807) is 18.2 Å². The van der Waals surface area contributed by atoms with Crippen molar-refractivity contribution >= 4 is 5.97 Å². The Labute approximate surface area is 88.1 Å². The van der Waals surface area contributed by atoms with Crippen molar-refractivity contribution < 1.29 is 19.7 Å². The lowest BCUT2D eigenvalue weighted by atomic mass is 10.1. The summed E-state index contributed by atoms with van der Waals surface area (Å²) in [7, 11) is 1.52. The number of phenolic OH excluding ortho intramolecular Hbond substituents is 1. The second-order valence-corrected chi connectivity index (χ2v) is 3.21. The predicted molar refractivity (Wildman–Crippen MR) is 55.2 cm³/mol. The summed E-state index contributed by atoms with van der Waals surface area (Å²) in [5, 5.41) is 18.1. The first-order valence-electron chi connectivity index (χ1n) is 4.71. The molecule has 1 rings (SSSR count). The Morgan fingerprint density at radius 1 is 1.47 bits per heavy atom. The van der Waals surface area contributed by atoms with Gasteiger partial charge in [0.05, 0.1) is 7.11 Å². The Kier molecular flexibility index (Phi) is 3.97. The van der Waals surface area contributed by atoms with Crippen LogP contribution in [0, 0.1) is 0 Å². The van der Waals surface area contributed by atoms with Gasteiger partial charge in [-0.1, -0.05) is 6.07 Å². The second kappa shape index (κ2) is 5.24. The molecule has 1 aromatic rings. The number of ether oxygens (including phenoxy) is 1. The van der Waals surface area contributed by atoms with Crippen molar-refractivity contribution in [3.05, 3.63) is 23.8 Å². The molecule has 0 saturated carbocycles. The number of aromatic hydroxyl groups is 1. The van der Waals surface area contributed by atoms with Gasteiger partial charge in [0, 0.05) is 12.0 Å². The number of carboxylic acid groups (broad SMARTS) is 1. The average molecular weight is 210 g/mol. The molecular weight excluding hydrogens is 196 g/mol. The summed E-state index contributed by atoms with van der Waals surface area (Å²) >= 11 is 0. The summed E-state index contributed by atoms with van der Waals surface area (Å²) in [5.74, 6) is -0.0792. The molecule has 4 nitrogen and oxygen atoms in total. The van der Waals surface area contributed by atoms with Gasteiger partial charge in [0.2, 0.25) is 0 Å². The Balaban J connectivity index is 2.70. The van der Waals surface area contributed by atoms with E-state index in [2.05, 4.69) is 0 Å². The maximum Gasteiger partial charge on any atom is 0.303 e. The Morgan fingerprint density at radius 3 is 2.80 bits per heavy atom. The topological polar surface area (TPSA) is 66.8 Å². The highest BCUT2D eigenvalue weighted by Crippen LogP contribution is 2.28. The number of aliphatic carboxylic acids is 1. The van der Waals surface area contributed by atoms with Gasteiger partial charge < -0.3 is 14.9 Å². The van der Waals surface area contributed by atoms with Crippen molar-refractivity contribution in [3.8, 4) is 11.5 Å². The fraction of sp³-hybridized carbons (Fsp3) is 0.364. The van der Waals surface area contributed by atoms with E-state index in [4.69, 9.17) is 9.84 Å². The molecule has 0 spiro atoms. The van der Waals surface area contributed by atoms with Crippen LogP contribution in [0.3, 0.4) is 0 Å². The minimum Gasteiger partial charge on any atom is -0.508 e. The van der Waals surface area contributed by atoms with Crippen molar-refractivity contribution in [2.75, 3.05) is 7.11 Å². The van der Waals surface area contributed by atoms with Crippen LogP contribution >= 0.6 is 0 Å². The van der Waals surface area contributed by atoms with Crippen molar-refractivity contribution in [3.63, 3.8) is 0 Å². The first-order chi connectivity index (χ1) is 7.15. The molecule has 15 heavy (non-hydrogen) atoms. The third kappa shape index (κ3) is 3.16. The van der Waals surface area contributed by atoms with Gasteiger partial charge in [-0.3, -0.25) is 4.79 Å². The van der Waals surface area contributed by atoms with E-state index in [-0.39, 0.29) is 12.2 Å². The van der Waals surface area contributed by atoms with E-state index >= 15 is 0 Å². The first kappa shape index (κ1) is 11.4. The molecule has 0 radical (unpaired) electrons. The molecule has 0 saturated heterocycles. The van der Waals surface area contributed by atoms with Gasteiger partial charge in [-0.25, -0.2) is 0 Å². The van der Waals surface area contributed by atoms with Crippen LogP contribution < -0.4 is 4.74 Å².